The highest BCUT2D eigenvalue weighted by molar-refractivity contribution is 7.89. The summed E-state index contributed by atoms with van der Waals surface area (Å²) in [6, 6.07) is 12.9. The maximum absolute atomic E-state index is 13.6. The number of nitrogens with zero attached hydrogens (tertiary/aromatic N) is 2. The molecule has 0 aliphatic carbocycles. The third-order valence-corrected chi connectivity index (χ3v) is 7.85. The van der Waals surface area contributed by atoms with Gasteiger partial charge < -0.3 is 26.1 Å². The van der Waals surface area contributed by atoms with Crippen molar-refractivity contribution in [2.75, 3.05) is 13.1 Å². The lowest BCUT2D eigenvalue weighted by atomic mass is 9.98. The van der Waals surface area contributed by atoms with Gasteiger partial charge in [-0.15, -0.1) is 0 Å². The molecule has 0 radical (unpaired) electrons. The van der Waals surface area contributed by atoms with Crippen LogP contribution in [0.4, 0.5) is 4.79 Å². The molecule has 0 aliphatic heterocycles. The largest absolute Gasteiger partial charge is 0.465 e. The van der Waals surface area contributed by atoms with E-state index in [1.165, 1.54) is 34.8 Å². The second-order valence-electron chi connectivity index (χ2n) is 10.1. The van der Waals surface area contributed by atoms with Gasteiger partial charge in [0.1, 0.15) is 6.04 Å². The van der Waals surface area contributed by atoms with Crippen molar-refractivity contribution in [3.8, 4) is 0 Å². The minimum atomic E-state index is -4.04. The van der Waals surface area contributed by atoms with E-state index in [0.717, 1.165) is 5.56 Å². The van der Waals surface area contributed by atoms with Gasteiger partial charge in [0.15, 0.2) is 0 Å². The van der Waals surface area contributed by atoms with Crippen molar-refractivity contribution in [3.05, 3.63) is 65.7 Å². The van der Waals surface area contributed by atoms with E-state index in [0.29, 0.717) is 5.56 Å². The van der Waals surface area contributed by atoms with Gasteiger partial charge in [-0.25, -0.2) is 13.2 Å². The van der Waals surface area contributed by atoms with Crippen LogP contribution in [0.3, 0.4) is 0 Å². The summed E-state index contributed by atoms with van der Waals surface area (Å²) < 4.78 is 28.3. The number of nitrogens with one attached hydrogen (secondary N) is 2. The Kier molecular flexibility index (Phi) is 11.9. The summed E-state index contributed by atoms with van der Waals surface area (Å²) >= 11 is 0. The number of carbonyl (C=O) groups is 2. The number of sulfonamides is 1. The lowest BCUT2D eigenvalue weighted by molar-refractivity contribution is -0.125. The Morgan fingerprint density at radius 2 is 1.59 bits per heavy atom. The SMILES string of the molecule is CC(C)CN(C[C@@H](O)[C@H](Cc1ccccc1)NC(=O)[C@H](NC(=O)O)C(C)C)S(=O)(=O)c1ccc(/C=N/O)cc1. The smallest absolute Gasteiger partial charge is 0.405 e. The monoisotopic (exact) mass is 562 g/mol. The van der Waals surface area contributed by atoms with Crippen molar-refractivity contribution in [3.63, 3.8) is 0 Å². The molecular formula is C27H38N4O7S. The Morgan fingerprint density at radius 1 is 0.974 bits per heavy atom. The van der Waals surface area contributed by atoms with Crippen molar-refractivity contribution < 1.29 is 33.4 Å². The van der Waals surface area contributed by atoms with E-state index < -0.39 is 40.2 Å². The van der Waals surface area contributed by atoms with Gasteiger partial charge >= 0.3 is 6.09 Å². The van der Waals surface area contributed by atoms with Gasteiger partial charge in [-0.3, -0.25) is 4.79 Å². The standard InChI is InChI=1S/C27H38N4O7S/c1-18(2)16-31(39(37,38)22-12-10-21(11-13-22)15-28-36)17-24(32)23(14-20-8-6-5-7-9-20)29-26(33)25(19(3)4)30-27(34)35/h5-13,15,18-19,23-25,30,32,36H,14,16-17H2,1-4H3,(H,29,33)(H,34,35)/b28-15+/t23-,24+,25+/m0/s1. The maximum Gasteiger partial charge on any atom is 0.405 e. The summed E-state index contributed by atoms with van der Waals surface area (Å²) in [7, 11) is -4.04. The molecule has 0 unspecified atom stereocenters. The summed E-state index contributed by atoms with van der Waals surface area (Å²) in [5.41, 5.74) is 1.31. The average molecular weight is 563 g/mol. The topological polar surface area (TPSA) is 169 Å². The average Bonchev–Trinajstić information content (AvgIpc) is 2.87. The Hall–Kier alpha value is -3.48. The lowest BCUT2D eigenvalue weighted by Crippen LogP contribution is -2.56. The molecule has 12 heteroatoms. The van der Waals surface area contributed by atoms with Crippen LogP contribution >= 0.6 is 0 Å². The molecule has 0 bridgehead atoms. The molecule has 0 spiro atoms. The number of hydrogen-bond donors (Lipinski definition) is 5. The van der Waals surface area contributed by atoms with Crippen LogP contribution < -0.4 is 10.6 Å². The molecule has 0 heterocycles. The van der Waals surface area contributed by atoms with Gasteiger partial charge in [0.05, 0.1) is 23.3 Å². The van der Waals surface area contributed by atoms with Gasteiger partial charge in [-0.1, -0.05) is 75.3 Å². The molecule has 0 saturated carbocycles. The predicted molar refractivity (Wildman–Crippen MR) is 147 cm³/mol. The quantitative estimate of drug-likeness (QED) is 0.134. The fourth-order valence-electron chi connectivity index (χ4n) is 4.05. The van der Waals surface area contributed by atoms with E-state index in [1.54, 1.807) is 13.8 Å². The van der Waals surface area contributed by atoms with Gasteiger partial charge in [-0.2, -0.15) is 4.31 Å². The van der Waals surface area contributed by atoms with Crippen molar-refractivity contribution in [2.45, 2.75) is 57.2 Å². The Morgan fingerprint density at radius 3 is 2.10 bits per heavy atom. The molecule has 0 aromatic heterocycles. The lowest BCUT2D eigenvalue weighted by Gasteiger charge is -2.32. The van der Waals surface area contributed by atoms with Crippen LogP contribution in [0.15, 0.2) is 64.6 Å². The Balaban J connectivity index is 2.37. The predicted octanol–water partition coefficient (Wildman–Crippen LogP) is 2.52. The van der Waals surface area contributed by atoms with Crippen molar-refractivity contribution >= 4 is 28.2 Å². The molecule has 5 N–H and O–H groups in total. The number of carbonyl (C=O) groups excluding carboxylic acids is 1. The molecule has 2 aromatic carbocycles. The van der Waals surface area contributed by atoms with Gasteiger partial charge in [-0.05, 0) is 41.5 Å². The number of aliphatic hydroxyl groups is 1. The van der Waals surface area contributed by atoms with Crippen molar-refractivity contribution in [1.29, 1.82) is 0 Å². The first kappa shape index (κ1) is 31.7. The molecule has 3 atom stereocenters. The summed E-state index contributed by atoms with van der Waals surface area (Å²) in [6.07, 6.45) is -1.31. The number of oxime groups is 1. The van der Waals surface area contributed by atoms with Crippen LogP contribution in [0.25, 0.3) is 0 Å². The van der Waals surface area contributed by atoms with E-state index in [1.807, 2.05) is 44.2 Å². The number of hydrogen-bond acceptors (Lipinski definition) is 7. The number of aliphatic hydroxyl groups excluding tert-OH is 1. The van der Waals surface area contributed by atoms with E-state index in [9.17, 15) is 28.2 Å². The number of amides is 2. The minimum Gasteiger partial charge on any atom is -0.465 e. The zero-order valence-electron chi connectivity index (χ0n) is 22.6. The first-order chi connectivity index (χ1) is 18.3. The van der Waals surface area contributed by atoms with Crippen LogP contribution in [0.2, 0.25) is 0 Å². The highest BCUT2D eigenvalue weighted by Crippen LogP contribution is 2.20. The zero-order chi connectivity index (χ0) is 29.2. The Bertz CT molecular complexity index is 1200. The first-order valence-corrected chi connectivity index (χ1v) is 14.1. The van der Waals surface area contributed by atoms with E-state index in [4.69, 9.17) is 5.21 Å². The maximum atomic E-state index is 13.6. The van der Waals surface area contributed by atoms with Crippen LogP contribution in [-0.4, -0.2) is 77.6 Å². The number of benzene rings is 2. The van der Waals surface area contributed by atoms with E-state index in [2.05, 4.69) is 15.8 Å². The molecule has 11 nitrogen and oxygen atoms in total. The summed E-state index contributed by atoms with van der Waals surface area (Å²) in [5.74, 6) is -1.06. The molecule has 2 amide bonds. The normalized spacial score (nSPS) is 14.5. The minimum absolute atomic E-state index is 0.000357. The molecule has 214 valence electrons. The van der Waals surface area contributed by atoms with E-state index in [-0.39, 0.29) is 36.2 Å². The van der Waals surface area contributed by atoms with Crippen molar-refractivity contribution in [1.82, 2.24) is 14.9 Å². The van der Waals surface area contributed by atoms with Crippen LogP contribution in [-0.2, 0) is 21.2 Å². The highest BCUT2D eigenvalue weighted by atomic mass is 32.2. The van der Waals surface area contributed by atoms with Crippen LogP contribution in [0.5, 0.6) is 0 Å². The second kappa shape index (κ2) is 14.6. The van der Waals surface area contributed by atoms with Crippen molar-refractivity contribution in [2.24, 2.45) is 17.0 Å². The number of rotatable bonds is 14. The molecule has 39 heavy (non-hydrogen) atoms. The fraction of sp³-hybridized carbons (Fsp3) is 0.444. The molecule has 2 rings (SSSR count). The first-order valence-electron chi connectivity index (χ1n) is 12.6. The summed E-state index contributed by atoms with van der Waals surface area (Å²) in [6.45, 7) is 6.89. The summed E-state index contributed by atoms with van der Waals surface area (Å²) in [4.78, 5) is 24.3. The third kappa shape index (κ3) is 9.65. The van der Waals surface area contributed by atoms with E-state index >= 15 is 0 Å². The molecular weight excluding hydrogens is 524 g/mol. The zero-order valence-corrected chi connectivity index (χ0v) is 23.4. The molecule has 2 aromatic rings. The third-order valence-electron chi connectivity index (χ3n) is 6.00. The highest BCUT2D eigenvalue weighted by Gasteiger charge is 2.33. The second-order valence-corrected chi connectivity index (χ2v) is 12.0. The molecule has 0 fully saturated rings. The molecule has 0 aliphatic rings. The Labute approximate surface area is 229 Å². The van der Waals surface area contributed by atoms with Gasteiger partial charge in [0.2, 0.25) is 15.9 Å². The molecule has 0 saturated heterocycles. The van der Waals surface area contributed by atoms with Crippen LogP contribution in [0, 0.1) is 11.8 Å². The van der Waals surface area contributed by atoms with Gasteiger partial charge in [0.25, 0.3) is 0 Å². The van der Waals surface area contributed by atoms with Gasteiger partial charge in [0, 0.05) is 13.1 Å². The number of carboxylic acid groups (broad SMARTS) is 1. The fourth-order valence-corrected chi connectivity index (χ4v) is 5.67. The summed E-state index contributed by atoms with van der Waals surface area (Å²) in [5, 5.41) is 37.1. The van der Waals surface area contributed by atoms with Crippen LogP contribution in [0.1, 0.15) is 38.8 Å².